The number of amides is 1. The van der Waals surface area contributed by atoms with E-state index < -0.39 is 16.1 Å². The number of aryl methyl sites for hydroxylation is 2. The molecule has 6 nitrogen and oxygen atoms in total. The lowest BCUT2D eigenvalue weighted by atomic mass is 10.1. The maximum absolute atomic E-state index is 13.1. The molecule has 2 atom stereocenters. The minimum atomic E-state index is -3.81. The molecule has 1 heterocycles. The van der Waals surface area contributed by atoms with Gasteiger partial charge >= 0.3 is 0 Å². The number of nitrogens with zero attached hydrogens (tertiary/aromatic N) is 2. The number of hydrogen-bond acceptors (Lipinski definition) is 4. The van der Waals surface area contributed by atoms with Gasteiger partial charge in [-0.25, -0.2) is 8.42 Å². The van der Waals surface area contributed by atoms with E-state index in [9.17, 15) is 13.2 Å². The summed E-state index contributed by atoms with van der Waals surface area (Å²) in [6, 6.07) is 16.8. The van der Waals surface area contributed by atoms with E-state index >= 15 is 0 Å². The predicted octanol–water partition coefficient (Wildman–Crippen LogP) is 4.20. The number of hydrogen-bond donors (Lipinski definition) is 1. The topological polar surface area (TPSA) is 69.7 Å². The van der Waals surface area contributed by atoms with Crippen LogP contribution in [0, 0.1) is 6.92 Å². The Labute approximate surface area is 207 Å². The molecule has 0 spiro atoms. The zero-order valence-electron chi connectivity index (χ0n) is 19.6. The molecule has 5 rings (SSSR count). The Bertz CT molecular complexity index is 1360. The van der Waals surface area contributed by atoms with Crippen LogP contribution >= 0.6 is 12.4 Å². The van der Waals surface area contributed by atoms with Gasteiger partial charge in [0.2, 0.25) is 15.9 Å². The molecule has 180 valence electrons. The van der Waals surface area contributed by atoms with Crippen LogP contribution in [0.25, 0.3) is 10.8 Å². The van der Waals surface area contributed by atoms with Gasteiger partial charge in [-0.2, -0.15) is 4.72 Å². The van der Waals surface area contributed by atoms with Crippen LogP contribution in [0.3, 0.4) is 0 Å². The second-order valence-corrected chi connectivity index (χ2v) is 11.1. The standard InChI is InChI=1S/C26H29N3O3S.ClH/c1-17-4-5-19-16-22(9-6-18(19)14-17)33(31,32)27-24-12-13-29(26(24)30)21-8-10-23-20(15-21)7-11-25(23)28(2)3;/h4-6,8-10,14-16,24-25,27H,7,11-13H2,1-3H3;1H. The molecule has 1 aliphatic heterocycles. The average molecular weight is 500 g/mol. The quantitative estimate of drug-likeness (QED) is 0.571. The van der Waals surface area contributed by atoms with Gasteiger partial charge in [0.25, 0.3) is 0 Å². The van der Waals surface area contributed by atoms with Crippen molar-refractivity contribution in [3.8, 4) is 0 Å². The third kappa shape index (κ3) is 4.45. The second-order valence-electron chi connectivity index (χ2n) is 9.37. The molecular formula is C26H30ClN3O3S. The van der Waals surface area contributed by atoms with Gasteiger partial charge in [-0.05, 0) is 86.4 Å². The summed E-state index contributed by atoms with van der Waals surface area (Å²) in [5.74, 6) is -0.197. The predicted molar refractivity (Wildman–Crippen MR) is 138 cm³/mol. The van der Waals surface area contributed by atoms with E-state index in [1.807, 2.05) is 37.3 Å². The van der Waals surface area contributed by atoms with Gasteiger partial charge in [0, 0.05) is 18.3 Å². The highest BCUT2D eigenvalue weighted by Gasteiger charge is 2.36. The molecule has 0 bridgehead atoms. The fraction of sp³-hybridized carbons (Fsp3) is 0.346. The van der Waals surface area contributed by atoms with E-state index in [1.54, 1.807) is 17.0 Å². The molecule has 1 aliphatic carbocycles. The van der Waals surface area contributed by atoms with Crippen molar-refractivity contribution < 1.29 is 13.2 Å². The van der Waals surface area contributed by atoms with Crippen molar-refractivity contribution in [2.45, 2.75) is 43.2 Å². The van der Waals surface area contributed by atoms with Crippen LogP contribution in [0.5, 0.6) is 0 Å². The van der Waals surface area contributed by atoms with Crippen LogP contribution in [0.15, 0.2) is 59.5 Å². The Kier molecular flexibility index (Phi) is 6.75. The monoisotopic (exact) mass is 499 g/mol. The van der Waals surface area contributed by atoms with Crippen LogP contribution in [0.2, 0.25) is 0 Å². The highest BCUT2D eigenvalue weighted by molar-refractivity contribution is 7.89. The molecular weight excluding hydrogens is 470 g/mol. The van der Waals surface area contributed by atoms with Gasteiger partial charge in [-0.15, -0.1) is 12.4 Å². The summed E-state index contributed by atoms with van der Waals surface area (Å²) >= 11 is 0. The Morgan fingerprint density at radius 3 is 2.47 bits per heavy atom. The lowest BCUT2D eigenvalue weighted by molar-refractivity contribution is -0.118. The van der Waals surface area contributed by atoms with Gasteiger partial charge < -0.3 is 9.80 Å². The summed E-state index contributed by atoms with van der Waals surface area (Å²) in [6.07, 6.45) is 2.52. The Balaban J connectivity index is 0.00000274. The highest BCUT2D eigenvalue weighted by Crippen LogP contribution is 2.37. The summed E-state index contributed by atoms with van der Waals surface area (Å²) in [4.78, 5) is 17.2. The molecule has 8 heteroatoms. The summed E-state index contributed by atoms with van der Waals surface area (Å²) in [5.41, 5.74) is 4.56. The highest BCUT2D eigenvalue weighted by atomic mass is 35.5. The number of carbonyl (C=O) groups excluding carboxylic acids is 1. The van der Waals surface area contributed by atoms with E-state index in [0.29, 0.717) is 19.0 Å². The molecule has 3 aromatic rings. The zero-order chi connectivity index (χ0) is 23.3. The van der Waals surface area contributed by atoms with Crippen molar-refractivity contribution in [3.63, 3.8) is 0 Å². The minimum Gasteiger partial charge on any atom is -0.311 e. The average Bonchev–Trinajstić information content (AvgIpc) is 3.36. The number of benzene rings is 3. The van der Waals surface area contributed by atoms with Gasteiger partial charge in [0.15, 0.2) is 0 Å². The Morgan fingerprint density at radius 1 is 0.971 bits per heavy atom. The first-order valence-corrected chi connectivity index (χ1v) is 12.8. The number of halogens is 1. The smallest absolute Gasteiger partial charge is 0.245 e. The molecule has 3 aromatic carbocycles. The maximum atomic E-state index is 13.1. The summed E-state index contributed by atoms with van der Waals surface area (Å²) in [7, 11) is 0.363. The lowest BCUT2D eigenvalue weighted by Gasteiger charge is -2.22. The van der Waals surface area contributed by atoms with E-state index in [4.69, 9.17) is 0 Å². The van der Waals surface area contributed by atoms with Crippen LogP contribution in [-0.2, 0) is 21.2 Å². The summed E-state index contributed by atoms with van der Waals surface area (Å²) < 4.78 is 28.8. The molecule has 34 heavy (non-hydrogen) atoms. The fourth-order valence-corrected chi connectivity index (χ4v) is 6.36. The van der Waals surface area contributed by atoms with E-state index in [2.05, 4.69) is 35.9 Å². The van der Waals surface area contributed by atoms with Crippen molar-refractivity contribution in [1.29, 1.82) is 0 Å². The number of sulfonamides is 1. The Hall–Kier alpha value is -2.45. The molecule has 0 aromatic heterocycles. The SMILES string of the molecule is Cc1ccc2cc(S(=O)(=O)NC3CCN(c4ccc5c(c4)CCC5N(C)C)C3=O)ccc2c1.Cl. The molecule has 1 N–H and O–H groups in total. The summed E-state index contributed by atoms with van der Waals surface area (Å²) in [5, 5.41) is 1.85. The number of carbonyl (C=O) groups is 1. The molecule has 2 unspecified atom stereocenters. The molecule has 1 amide bonds. The van der Waals surface area contributed by atoms with Crippen molar-refractivity contribution in [2.24, 2.45) is 0 Å². The lowest BCUT2D eigenvalue weighted by Crippen LogP contribution is -2.41. The number of rotatable bonds is 5. The molecule has 1 saturated heterocycles. The molecule has 1 fully saturated rings. The first-order chi connectivity index (χ1) is 15.7. The van der Waals surface area contributed by atoms with Crippen LogP contribution in [-0.4, -0.2) is 45.9 Å². The van der Waals surface area contributed by atoms with Crippen molar-refractivity contribution in [3.05, 3.63) is 71.3 Å². The van der Waals surface area contributed by atoms with Crippen LogP contribution < -0.4 is 9.62 Å². The fourth-order valence-electron chi connectivity index (χ4n) is 5.10. The number of fused-ring (bicyclic) bond motifs is 2. The first kappa shape index (κ1) is 24.7. The van der Waals surface area contributed by atoms with Crippen molar-refractivity contribution in [1.82, 2.24) is 9.62 Å². The van der Waals surface area contributed by atoms with E-state index in [1.165, 1.54) is 11.1 Å². The van der Waals surface area contributed by atoms with E-state index in [-0.39, 0.29) is 23.2 Å². The van der Waals surface area contributed by atoms with Gasteiger partial charge in [0.1, 0.15) is 6.04 Å². The molecule has 0 saturated carbocycles. The van der Waals surface area contributed by atoms with Gasteiger partial charge in [-0.1, -0.05) is 35.9 Å². The van der Waals surface area contributed by atoms with Gasteiger partial charge in [-0.3, -0.25) is 4.79 Å². The van der Waals surface area contributed by atoms with Crippen molar-refractivity contribution in [2.75, 3.05) is 25.5 Å². The number of anilines is 1. The second kappa shape index (κ2) is 9.30. The largest absolute Gasteiger partial charge is 0.311 e. The van der Waals surface area contributed by atoms with Gasteiger partial charge in [0.05, 0.1) is 4.90 Å². The number of nitrogens with one attached hydrogen (secondary N) is 1. The van der Waals surface area contributed by atoms with Crippen LogP contribution in [0.4, 0.5) is 5.69 Å². The van der Waals surface area contributed by atoms with E-state index in [0.717, 1.165) is 34.9 Å². The Morgan fingerprint density at radius 2 is 1.71 bits per heavy atom. The van der Waals surface area contributed by atoms with Crippen LogP contribution in [0.1, 0.15) is 35.6 Å². The minimum absolute atomic E-state index is 0. The third-order valence-electron chi connectivity index (χ3n) is 6.89. The third-order valence-corrected chi connectivity index (χ3v) is 8.36. The summed E-state index contributed by atoms with van der Waals surface area (Å²) in [6.45, 7) is 2.50. The molecule has 2 aliphatic rings. The normalized spacial score (nSPS) is 20.1. The van der Waals surface area contributed by atoms with Crippen molar-refractivity contribution >= 4 is 44.8 Å². The zero-order valence-corrected chi connectivity index (χ0v) is 21.2. The first-order valence-electron chi connectivity index (χ1n) is 11.4. The molecule has 0 radical (unpaired) electrons. The maximum Gasteiger partial charge on any atom is 0.245 e.